The number of halogens is 1. The summed E-state index contributed by atoms with van der Waals surface area (Å²) < 4.78 is 22.2. The lowest BCUT2D eigenvalue weighted by Crippen LogP contribution is -2.16. The number of rotatable bonds is 6. The average molecular weight is 409 g/mol. The molecule has 25 heavy (non-hydrogen) atoms. The van der Waals surface area contributed by atoms with Gasteiger partial charge in [0.1, 0.15) is 18.1 Å². The molecule has 0 aliphatic carbocycles. The fourth-order valence-corrected chi connectivity index (χ4v) is 2.80. The van der Waals surface area contributed by atoms with Crippen LogP contribution in [0.3, 0.4) is 0 Å². The number of phenolic OH excluding ortho intramolecular Hbond substituents is 1. The zero-order chi connectivity index (χ0) is 17.6. The molecular weight excluding hydrogens is 392 g/mol. The van der Waals surface area contributed by atoms with Gasteiger partial charge >= 0.3 is 5.97 Å². The van der Waals surface area contributed by atoms with Crippen LogP contribution in [0, 0.1) is 0 Å². The molecule has 0 unspecified atom stereocenters. The Labute approximate surface area is 153 Å². The normalized spacial score (nSPS) is 14.4. The van der Waals surface area contributed by atoms with E-state index < -0.39 is 12.3 Å². The molecule has 1 fully saturated rings. The Balaban J connectivity index is 1.63. The van der Waals surface area contributed by atoms with Crippen LogP contribution in [-0.2, 0) is 25.6 Å². The third kappa shape index (κ3) is 4.72. The molecule has 1 N–H and O–H groups in total. The van der Waals surface area contributed by atoms with Crippen LogP contribution in [-0.4, -0.2) is 30.9 Å². The van der Waals surface area contributed by atoms with Gasteiger partial charge in [0.05, 0.1) is 18.8 Å². The summed E-state index contributed by atoms with van der Waals surface area (Å²) in [6.45, 7) is 0.744. The Morgan fingerprint density at radius 2 is 1.92 bits per heavy atom. The van der Waals surface area contributed by atoms with Gasteiger partial charge in [-0.1, -0.05) is 46.3 Å². The second kappa shape index (κ2) is 8.33. The SMILES string of the molecule is O=C(COc1cc(Br)cc(O)c1C1OCCO1)OCc1ccccc1. The maximum atomic E-state index is 11.9. The molecule has 0 radical (unpaired) electrons. The van der Waals surface area contributed by atoms with Gasteiger partial charge in [-0.05, 0) is 17.7 Å². The molecule has 0 aromatic heterocycles. The predicted molar refractivity (Wildman–Crippen MR) is 92.2 cm³/mol. The molecular formula is C18H17BrO6. The number of benzene rings is 2. The zero-order valence-electron chi connectivity index (χ0n) is 13.3. The molecule has 0 spiro atoms. The van der Waals surface area contributed by atoms with Gasteiger partial charge in [-0.15, -0.1) is 0 Å². The van der Waals surface area contributed by atoms with E-state index in [1.54, 1.807) is 6.07 Å². The van der Waals surface area contributed by atoms with Crippen molar-refractivity contribution in [3.63, 3.8) is 0 Å². The van der Waals surface area contributed by atoms with Gasteiger partial charge in [-0.3, -0.25) is 0 Å². The molecule has 132 valence electrons. The van der Waals surface area contributed by atoms with E-state index in [4.69, 9.17) is 18.9 Å². The van der Waals surface area contributed by atoms with E-state index in [0.717, 1.165) is 5.56 Å². The molecule has 0 saturated carbocycles. The quantitative estimate of drug-likeness (QED) is 0.738. The van der Waals surface area contributed by atoms with E-state index in [1.165, 1.54) is 6.07 Å². The fraction of sp³-hybridized carbons (Fsp3) is 0.278. The molecule has 7 heteroatoms. The van der Waals surface area contributed by atoms with Crippen molar-refractivity contribution in [1.82, 2.24) is 0 Å². The molecule has 2 aromatic rings. The summed E-state index contributed by atoms with van der Waals surface area (Å²) in [5.41, 5.74) is 1.25. The molecule has 1 aliphatic rings. The largest absolute Gasteiger partial charge is 0.507 e. The van der Waals surface area contributed by atoms with E-state index in [9.17, 15) is 9.90 Å². The third-order valence-electron chi connectivity index (χ3n) is 3.53. The summed E-state index contributed by atoms with van der Waals surface area (Å²) in [5.74, 6) is -0.244. The molecule has 0 atom stereocenters. The van der Waals surface area contributed by atoms with Gasteiger partial charge in [-0.25, -0.2) is 4.79 Å². The minimum atomic E-state index is -0.719. The Bertz CT molecular complexity index is 728. The Hall–Kier alpha value is -2.09. The first-order valence-electron chi connectivity index (χ1n) is 7.71. The number of aromatic hydroxyl groups is 1. The highest BCUT2D eigenvalue weighted by molar-refractivity contribution is 9.10. The summed E-state index contributed by atoms with van der Waals surface area (Å²) in [4.78, 5) is 11.9. The van der Waals surface area contributed by atoms with Crippen molar-refractivity contribution >= 4 is 21.9 Å². The summed E-state index contributed by atoms with van der Waals surface area (Å²) in [5, 5.41) is 10.2. The van der Waals surface area contributed by atoms with Crippen molar-refractivity contribution in [3.05, 3.63) is 58.1 Å². The van der Waals surface area contributed by atoms with Crippen LogP contribution in [0.5, 0.6) is 11.5 Å². The van der Waals surface area contributed by atoms with Gasteiger partial charge < -0.3 is 24.1 Å². The summed E-state index contributed by atoms with van der Waals surface area (Å²) >= 11 is 3.29. The van der Waals surface area contributed by atoms with Crippen LogP contribution in [0.2, 0.25) is 0 Å². The van der Waals surface area contributed by atoms with Crippen LogP contribution in [0.15, 0.2) is 46.9 Å². The highest BCUT2D eigenvalue weighted by Gasteiger charge is 2.26. The van der Waals surface area contributed by atoms with Gasteiger partial charge in [0, 0.05) is 4.47 Å². The van der Waals surface area contributed by atoms with Crippen molar-refractivity contribution in [1.29, 1.82) is 0 Å². The van der Waals surface area contributed by atoms with Crippen molar-refractivity contribution in [2.24, 2.45) is 0 Å². The summed E-state index contributed by atoms with van der Waals surface area (Å²) in [6, 6.07) is 12.5. The molecule has 6 nitrogen and oxygen atoms in total. The first-order chi connectivity index (χ1) is 12.1. The van der Waals surface area contributed by atoms with E-state index in [-0.39, 0.29) is 19.0 Å². The number of carbonyl (C=O) groups excluding carboxylic acids is 1. The molecule has 2 aromatic carbocycles. The minimum Gasteiger partial charge on any atom is -0.507 e. The molecule has 0 bridgehead atoms. The molecule has 1 heterocycles. The zero-order valence-corrected chi connectivity index (χ0v) is 14.9. The van der Waals surface area contributed by atoms with E-state index in [1.807, 2.05) is 30.3 Å². The van der Waals surface area contributed by atoms with Crippen molar-refractivity contribution in [2.75, 3.05) is 19.8 Å². The number of phenols is 1. The number of esters is 1. The molecule has 3 rings (SSSR count). The lowest BCUT2D eigenvalue weighted by molar-refractivity contribution is -0.147. The van der Waals surface area contributed by atoms with E-state index in [2.05, 4.69) is 15.9 Å². The van der Waals surface area contributed by atoms with Crippen LogP contribution >= 0.6 is 15.9 Å². The first-order valence-corrected chi connectivity index (χ1v) is 8.51. The fourth-order valence-electron chi connectivity index (χ4n) is 2.38. The van der Waals surface area contributed by atoms with Crippen LogP contribution in [0.4, 0.5) is 0 Å². The maximum Gasteiger partial charge on any atom is 0.344 e. The summed E-state index contributed by atoms with van der Waals surface area (Å²) in [6.07, 6.45) is -0.719. The van der Waals surface area contributed by atoms with Crippen LogP contribution < -0.4 is 4.74 Å². The van der Waals surface area contributed by atoms with Crippen LogP contribution in [0.25, 0.3) is 0 Å². The first kappa shape index (κ1) is 17.7. The molecule has 0 amide bonds. The van der Waals surface area contributed by atoms with E-state index in [0.29, 0.717) is 29.0 Å². The van der Waals surface area contributed by atoms with Gasteiger partial charge in [0.25, 0.3) is 0 Å². The Kier molecular flexibility index (Phi) is 5.91. The lowest BCUT2D eigenvalue weighted by atomic mass is 10.1. The van der Waals surface area contributed by atoms with Crippen LogP contribution in [0.1, 0.15) is 17.4 Å². The number of carbonyl (C=O) groups is 1. The number of hydrogen-bond acceptors (Lipinski definition) is 6. The summed E-state index contributed by atoms with van der Waals surface area (Å²) in [7, 11) is 0. The number of ether oxygens (including phenoxy) is 4. The van der Waals surface area contributed by atoms with Crippen molar-refractivity contribution in [3.8, 4) is 11.5 Å². The van der Waals surface area contributed by atoms with Crippen molar-refractivity contribution < 1.29 is 28.8 Å². The minimum absolute atomic E-state index is 0.0334. The van der Waals surface area contributed by atoms with Gasteiger partial charge in [0.2, 0.25) is 0 Å². The topological polar surface area (TPSA) is 74.2 Å². The lowest BCUT2D eigenvalue weighted by Gasteiger charge is -2.17. The standard InChI is InChI=1S/C18H17BrO6/c19-13-8-14(20)17(18-22-6-7-23-18)15(9-13)24-11-16(21)25-10-12-4-2-1-3-5-12/h1-5,8-9,18,20H,6-7,10-11H2. The van der Waals surface area contributed by atoms with Gasteiger partial charge in [-0.2, -0.15) is 0 Å². The third-order valence-corrected chi connectivity index (χ3v) is 3.99. The van der Waals surface area contributed by atoms with E-state index >= 15 is 0 Å². The second-order valence-corrected chi connectivity index (χ2v) is 6.26. The van der Waals surface area contributed by atoms with Gasteiger partial charge in [0.15, 0.2) is 12.9 Å². The monoisotopic (exact) mass is 408 g/mol. The average Bonchev–Trinajstić information content (AvgIpc) is 3.12. The van der Waals surface area contributed by atoms with Crippen molar-refractivity contribution in [2.45, 2.75) is 12.9 Å². The Morgan fingerprint density at radius 3 is 2.64 bits per heavy atom. The number of hydrogen-bond donors (Lipinski definition) is 1. The maximum absolute atomic E-state index is 11.9. The molecule has 1 aliphatic heterocycles. The molecule has 1 saturated heterocycles. The predicted octanol–water partition coefficient (Wildman–Crippen LogP) is 3.32. The highest BCUT2D eigenvalue weighted by atomic mass is 79.9. The smallest absolute Gasteiger partial charge is 0.344 e. The Morgan fingerprint density at radius 1 is 1.20 bits per heavy atom. The highest BCUT2D eigenvalue weighted by Crippen LogP contribution is 2.40. The second-order valence-electron chi connectivity index (χ2n) is 5.35.